The molecule has 0 aliphatic carbocycles. The Hall–Kier alpha value is -1.76. The Morgan fingerprint density at radius 2 is 1.96 bits per heavy atom. The molecule has 0 radical (unpaired) electrons. The highest BCUT2D eigenvalue weighted by Crippen LogP contribution is 2.34. The number of hydrogen-bond acceptors (Lipinski definition) is 6. The zero-order valence-electron chi connectivity index (χ0n) is 14.1. The average Bonchev–Trinajstić information content (AvgIpc) is 2.91. The van der Waals surface area contributed by atoms with Gasteiger partial charge in [0, 0.05) is 25.4 Å². The lowest BCUT2D eigenvalue weighted by Crippen LogP contribution is -2.48. The minimum Gasteiger partial charge on any atom is -0.466 e. The quantitative estimate of drug-likeness (QED) is 0.715. The molecule has 2 N–H and O–H groups in total. The van der Waals surface area contributed by atoms with Crippen LogP contribution < -0.4 is 0 Å². The number of Topliss-reactive ketones (excluding diaryl/α,β-unsaturated/α-hetero) is 1. The van der Waals surface area contributed by atoms with Crippen LogP contribution in [0.2, 0.25) is 0 Å². The molecule has 1 aromatic rings. The SMILES string of the molecule is CC(=O)OC[C@@H]1C[C@H](C(C)=O)N(Cc2ccccc2)[C@H]1C(O)CO. The average molecular weight is 335 g/mol. The van der Waals surface area contributed by atoms with E-state index >= 15 is 0 Å². The lowest BCUT2D eigenvalue weighted by atomic mass is 9.95. The molecule has 1 saturated heterocycles. The fourth-order valence-corrected chi connectivity index (χ4v) is 3.48. The van der Waals surface area contributed by atoms with E-state index < -0.39 is 24.7 Å². The number of nitrogens with zero attached hydrogens (tertiary/aromatic N) is 1. The number of carbonyl (C=O) groups excluding carboxylic acids is 2. The highest BCUT2D eigenvalue weighted by Gasteiger charge is 2.46. The second-order valence-electron chi connectivity index (χ2n) is 6.32. The number of aliphatic hydroxyl groups is 2. The van der Waals surface area contributed by atoms with Crippen LogP contribution in [0, 0.1) is 5.92 Å². The first-order chi connectivity index (χ1) is 11.4. The summed E-state index contributed by atoms with van der Waals surface area (Å²) < 4.78 is 5.11. The smallest absolute Gasteiger partial charge is 0.302 e. The van der Waals surface area contributed by atoms with E-state index in [-0.39, 0.29) is 24.3 Å². The van der Waals surface area contributed by atoms with Crippen molar-refractivity contribution in [3.63, 3.8) is 0 Å². The molecule has 1 heterocycles. The van der Waals surface area contributed by atoms with Gasteiger partial charge in [-0.1, -0.05) is 30.3 Å². The van der Waals surface area contributed by atoms with Gasteiger partial charge < -0.3 is 14.9 Å². The summed E-state index contributed by atoms with van der Waals surface area (Å²) in [6, 6.07) is 8.86. The first kappa shape index (κ1) is 18.6. The van der Waals surface area contributed by atoms with Crippen molar-refractivity contribution < 1.29 is 24.5 Å². The maximum absolute atomic E-state index is 12.1. The van der Waals surface area contributed by atoms with Crippen molar-refractivity contribution in [1.82, 2.24) is 4.90 Å². The van der Waals surface area contributed by atoms with Crippen LogP contribution in [0.25, 0.3) is 0 Å². The van der Waals surface area contributed by atoms with Crippen molar-refractivity contribution in [2.45, 2.75) is 45.0 Å². The molecule has 132 valence electrons. The van der Waals surface area contributed by atoms with Crippen LogP contribution in [0.15, 0.2) is 30.3 Å². The molecule has 1 aliphatic heterocycles. The number of carbonyl (C=O) groups is 2. The number of rotatable bonds is 7. The fourth-order valence-electron chi connectivity index (χ4n) is 3.48. The van der Waals surface area contributed by atoms with Crippen LogP contribution >= 0.6 is 0 Å². The van der Waals surface area contributed by atoms with E-state index in [1.807, 2.05) is 35.2 Å². The van der Waals surface area contributed by atoms with Gasteiger partial charge in [0.05, 0.1) is 25.4 Å². The third kappa shape index (κ3) is 4.41. The predicted molar refractivity (Wildman–Crippen MR) is 88.1 cm³/mol. The van der Waals surface area contributed by atoms with Gasteiger partial charge >= 0.3 is 5.97 Å². The van der Waals surface area contributed by atoms with E-state index in [0.717, 1.165) is 5.56 Å². The zero-order chi connectivity index (χ0) is 17.7. The summed E-state index contributed by atoms with van der Waals surface area (Å²) in [5, 5.41) is 19.7. The van der Waals surface area contributed by atoms with Crippen LogP contribution in [0.1, 0.15) is 25.8 Å². The maximum Gasteiger partial charge on any atom is 0.302 e. The van der Waals surface area contributed by atoms with Crippen molar-refractivity contribution in [3.8, 4) is 0 Å². The second-order valence-corrected chi connectivity index (χ2v) is 6.32. The summed E-state index contributed by atoms with van der Waals surface area (Å²) >= 11 is 0. The Labute approximate surface area is 142 Å². The van der Waals surface area contributed by atoms with Crippen LogP contribution in [-0.2, 0) is 20.9 Å². The minimum absolute atomic E-state index is 0.00592. The normalized spacial score (nSPS) is 25.4. The summed E-state index contributed by atoms with van der Waals surface area (Å²) in [5.74, 6) is -0.590. The number of benzene rings is 1. The van der Waals surface area contributed by atoms with E-state index in [1.165, 1.54) is 13.8 Å². The number of esters is 1. The van der Waals surface area contributed by atoms with Gasteiger partial charge in [0.1, 0.15) is 5.78 Å². The molecule has 0 saturated carbocycles. The van der Waals surface area contributed by atoms with Gasteiger partial charge in [-0.2, -0.15) is 0 Å². The number of ketones is 1. The molecule has 6 nitrogen and oxygen atoms in total. The summed E-state index contributed by atoms with van der Waals surface area (Å²) in [5.41, 5.74) is 1.02. The Balaban J connectivity index is 2.26. The van der Waals surface area contributed by atoms with E-state index in [4.69, 9.17) is 4.74 Å². The molecular weight excluding hydrogens is 310 g/mol. The van der Waals surface area contributed by atoms with Crippen molar-refractivity contribution in [2.24, 2.45) is 5.92 Å². The van der Waals surface area contributed by atoms with Crippen molar-refractivity contribution >= 4 is 11.8 Å². The van der Waals surface area contributed by atoms with E-state index in [0.29, 0.717) is 13.0 Å². The van der Waals surface area contributed by atoms with E-state index in [2.05, 4.69) is 0 Å². The molecular formula is C18H25NO5. The van der Waals surface area contributed by atoms with Gasteiger partial charge in [0.25, 0.3) is 0 Å². The molecule has 0 amide bonds. The first-order valence-electron chi connectivity index (χ1n) is 8.16. The number of hydrogen-bond donors (Lipinski definition) is 2. The van der Waals surface area contributed by atoms with Gasteiger partial charge in [-0.15, -0.1) is 0 Å². The number of aliphatic hydroxyl groups excluding tert-OH is 2. The van der Waals surface area contributed by atoms with Gasteiger partial charge in [0.15, 0.2) is 0 Å². The Morgan fingerprint density at radius 3 is 2.50 bits per heavy atom. The maximum atomic E-state index is 12.1. The molecule has 24 heavy (non-hydrogen) atoms. The molecule has 1 aromatic carbocycles. The molecule has 1 unspecified atom stereocenters. The summed E-state index contributed by atoms with van der Waals surface area (Å²) in [4.78, 5) is 25.1. The molecule has 0 bridgehead atoms. The molecule has 6 heteroatoms. The van der Waals surface area contributed by atoms with Crippen molar-refractivity contribution in [1.29, 1.82) is 0 Å². The molecule has 1 fully saturated rings. The lowest BCUT2D eigenvalue weighted by Gasteiger charge is -2.33. The standard InChI is InChI=1S/C18H25NO5/c1-12(21)16-8-15(11-24-13(2)22)18(17(23)10-20)19(16)9-14-6-4-3-5-7-14/h3-7,15-18,20,23H,8-11H2,1-2H3/t15-,16+,17?,18+/m0/s1. The van der Waals surface area contributed by atoms with Gasteiger partial charge in [-0.25, -0.2) is 0 Å². The van der Waals surface area contributed by atoms with Gasteiger partial charge in [-0.3, -0.25) is 14.5 Å². The second kappa shape index (κ2) is 8.37. The summed E-state index contributed by atoms with van der Waals surface area (Å²) in [6.45, 7) is 3.07. The molecule has 0 aromatic heterocycles. The fraction of sp³-hybridized carbons (Fsp3) is 0.556. The topological polar surface area (TPSA) is 87.1 Å². The molecule has 0 spiro atoms. The molecule has 4 atom stereocenters. The highest BCUT2D eigenvalue weighted by atomic mass is 16.5. The number of ether oxygens (including phenoxy) is 1. The van der Waals surface area contributed by atoms with Crippen LogP contribution in [0.5, 0.6) is 0 Å². The summed E-state index contributed by atoms with van der Waals surface area (Å²) in [7, 11) is 0. The van der Waals surface area contributed by atoms with Crippen molar-refractivity contribution in [3.05, 3.63) is 35.9 Å². The predicted octanol–water partition coefficient (Wildman–Crippen LogP) is 0.751. The largest absolute Gasteiger partial charge is 0.466 e. The van der Waals surface area contributed by atoms with Crippen LogP contribution in [-0.4, -0.2) is 58.3 Å². The zero-order valence-corrected chi connectivity index (χ0v) is 14.1. The summed E-state index contributed by atoms with van der Waals surface area (Å²) in [6.07, 6.45) is -0.504. The van der Waals surface area contributed by atoms with Gasteiger partial charge in [0.2, 0.25) is 0 Å². The highest BCUT2D eigenvalue weighted by molar-refractivity contribution is 5.82. The van der Waals surface area contributed by atoms with E-state index in [1.54, 1.807) is 0 Å². The van der Waals surface area contributed by atoms with E-state index in [9.17, 15) is 19.8 Å². The third-order valence-corrected chi connectivity index (χ3v) is 4.55. The number of likely N-dealkylation sites (tertiary alicyclic amines) is 1. The first-order valence-corrected chi connectivity index (χ1v) is 8.16. The Morgan fingerprint density at radius 1 is 1.29 bits per heavy atom. The van der Waals surface area contributed by atoms with Crippen LogP contribution in [0.3, 0.4) is 0 Å². The Bertz CT molecular complexity index is 562. The molecule has 1 aliphatic rings. The monoisotopic (exact) mass is 335 g/mol. The van der Waals surface area contributed by atoms with Crippen molar-refractivity contribution in [2.75, 3.05) is 13.2 Å². The Kier molecular flexibility index (Phi) is 6.48. The lowest BCUT2D eigenvalue weighted by molar-refractivity contribution is -0.143. The molecule has 2 rings (SSSR count). The van der Waals surface area contributed by atoms with Gasteiger partial charge in [-0.05, 0) is 18.9 Å². The van der Waals surface area contributed by atoms with Crippen LogP contribution in [0.4, 0.5) is 0 Å². The minimum atomic E-state index is -1.00. The third-order valence-electron chi connectivity index (χ3n) is 4.55.